The lowest BCUT2D eigenvalue weighted by Crippen LogP contribution is -2.28. The van der Waals surface area contributed by atoms with Crippen molar-refractivity contribution >= 4 is 46.2 Å². The fraction of sp³-hybridized carbons (Fsp3) is 0.125. The molecule has 4 aromatic carbocycles. The van der Waals surface area contributed by atoms with Gasteiger partial charge in [-0.1, -0.05) is 60.1 Å². The van der Waals surface area contributed by atoms with Gasteiger partial charge in [0.1, 0.15) is 18.2 Å². The molecule has 1 saturated heterocycles. The van der Waals surface area contributed by atoms with Crippen molar-refractivity contribution in [3.8, 4) is 17.2 Å². The van der Waals surface area contributed by atoms with Gasteiger partial charge >= 0.3 is 0 Å². The van der Waals surface area contributed by atoms with Crippen LogP contribution in [0.1, 0.15) is 16.7 Å². The Morgan fingerprint density at radius 1 is 0.951 bits per heavy atom. The molecule has 1 aliphatic heterocycles. The van der Waals surface area contributed by atoms with Crippen molar-refractivity contribution in [2.24, 2.45) is 4.99 Å². The fourth-order valence-corrected chi connectivity index (χ4v) is 5.41. The van der Waals surface area contributed by atoms with E-state index in [-0.39, 0.29) is 29.1 Å². The first-order valence-electron chi connectivity index (χ1n) is 12.7. The number of carbonyl (C=O) groups excluding carboxylic acids is 1. The molecule has 0 saturated carbocycles. The van der Waals surface area contributed by atoms with E-state index in [0.29, 0.717) is 33.5 Å². The van der Waals surface area contributed by atoms with Gasteiger partial charge in [-0.3, -0.25) is 9.69 Å². The first-order valence-corrected chi connectivity index (χ1v) is 13.9. The van der Waals surface area contributed by atoms with Crippen LogP contribution in [0, 0.1) is 5.82 Å². The highest BCUT2D eigenvalue weighted by Crippen LogP contribution is 2.40. The second-order valence-corrected chi connectivity index (χ2v) is 10.4. The number of rotatable bonds is 9. The predicted octanol–water partition coefficient (Wildman–Crippen LogP) is 7.88. The van der Waals surface area contributed by atoms with E-state index in [1.807, 2.05) is 54.6 Å². The van der Waals surface area contributed by atoms with Crippen molar-refractivity contribution in [1.82, 2.24) is 4.90 Å². The van der Waals surface area contributed by atoms with Crippen molar-refractivity contribution < 1.29 is 23.4 Å². The van der Waals surface area contributed by atoms with Gasteiger partial charge in [0.15, 0.2) is 16.7 Å². The highest BCUT2D eigenvalue weighted by atomic mass is 35.5. The highest BCUT2D eigenvalue weighted by molar-refractivity contribution is 8.18. The number of thioether (sulfide) groups is 1. The number of amidine groups is 1. The first kappa shape index (κ1) is 28.3. The molecule has 9 heteroatoms. The minimum Gasteiger partial charge on any atom is -0.497 e. The Bertz CT molecular complexity index is 1610. The Morgan fingerprint density at radius 2 is 1.68 bits per heavy atom. The molecule has 5 rings (SSSR count). The van der Waals surface area contributed by atoms with Crippen LogP contribution >= 0.6 is 23.4 Å². The molecule has 1 amide bonds. The third-order valence-electron chi connectivity index (χ3n) is 6.25. The van der Waals surface area contributed by atoms with E-state index in [0.717, 1.165) is 17.0 Å². The number of ether oxygens (including phenoxy) is 3. The number of aliphatic imine (C=N–C) groups is 1. The Hall–Kier alpha value is -4.27. The van der Waals surface area contributed by atoms with Crippen molar-refractivity contribution in [3.05, 3.63) is 123 Å². The van der Waals surface area contributed by atoms with Crippen LogP contribution in [-0.4, -0.2) is 30.2 Å². The van der Waals surface area contributed by atoms with Crippen molar-refractivity contribution in [2.75, 3.05) is 14.2 Å². The van der Waals surface area contributed by atoms with Crippen LogP contribution in [0.5, 0.6) is 17.2 Å². The van der Waals surface area contributed by atoms with E-state index in [4.69, 9.17) is 30.8 Å². The first-order chi connectivity index (χ1) is 19.9. The van der Waals surface area contributed by atoms with Crippen molar-refractivity contribution in [3.63, 3.8) is 0 Å². The number of benzene rings is 4. The second-order valence-electron chi connectivity index (χ2n) is 8.99. The molecule has 1 fully saturated rings. The summed E-state index contributed by atoms with van der Waals surface area (Å²) in [5.41, 5.74) is 2.71. The zero-order valence-corrected chi connectivity index (χ0v) is 23.9. The van der Waals surface area contributed by atoms with Gasteiger partial charge in [-0.15, -0.1) is 0 Å². The van der Waals surface area contributed by atoms with Gasteiger partial charge in [-0.25, -0.2) is 9.38 Å². The summed E-state index contributed by atoms with van der Waals surface area (Å²) in [4.78, 5) is 20.5. The smallest absolute Gasteiger partial charge is 0.267 e. The van der Waals surface area contributed by atoms with Gasteiger partial charge in [-0.2, -0.15) is 0 Å². The van der Waals surface area contributed by atoms with Gasteiger partial charge in [-0.05, 0) is 71.4 Å². The molecule has 0 bridgehead atoms. The highest BCUT2D eigenvalue weighted by Gasteiger charge is 2.33. The van der Waals surface area contributed by atoms with Crippen LogP contribution in [0.15, 0.2) is 101 Å². The maximum atomic E-state index is 14.1. The summed E-state index contributed by atoms with van der Waals surface area (Å²) in [5.74, 6) is 0.840. The SMILES string of the molecule is COc1ccc(CN2C(=O)/C(=C/c3cc(Cl)c(OCc4ccccc4F)c(OC)c3)SC2=Nc2ccccc2)cc1. The Labute approximate surface area is 247 Å². The van der Waals surface area contributed by atoms with E-state index in [2.05, 4.69) is 0 Å². The third-order valence-corrected chi connectivity index (χ3v) is 7.54. The molecule has 41 heavy (non-hydrogen) atoms. The lowest BCUT2D eigenvalue weighted by Gasteiger charge is -2.16. The lowest BCUT2D eigenvalue weighted by atomic mass is 10.1. The number of amides is 1. The molecule has 0 aromatic heterocycles. The molecule has 0 radical (unpaired) electrons. The largest absolute Gasteiger partial charge is 0.497 e. The van der Waals surface area contributed by atoms with Crippen LogP contribution in [0.3, 0.4) is 0 Å². The maximum absolute atomic E-state index is 14.1. The molecule has 208 valence electrons. The van der Waals surface area contributed by atoms with E-state index < -0.39 is 0 Å². The molecular weight excluding hydrogens is 563 g/mol. The molecule has 0 spiro atoms. The van der Waals surface area contributed by atoms with Crippen LogP contribution in [0.2, 0.25) is 5.02 Å². The molecule has 0 atom stereocenters. The Kier molecular flexibility index (Phi) is 8.91. The average molecular weight is 589 g/mol. The molecule has 1 heterocycles. The standard InChI is InChI=1S/C32H26ClFN2O4S/c1-38-25-14-12-21(13-15-25)19-36-31(37)29(41-32(36)35-24-9-4-3-5-10-24)18-22-16-26(33)30(28(17-22)39-2)40-20-23-8-6-7-11-27(23)34/h3-18H,19-20H2,1-2H3/b29-18-,35-32?. The molecule has 1 aliphatic rings. The number of hydrogen-bond acceptors (Lipinski definition) is 6. The van der Waals surface area contributed by atoms with Gasteiger partial charge < -0.3 is 14.2 Å². The predicted molar refractivity (Wildman–Crippen MR) is 161 cm³/mol. The average Bonchev–Trinajstić information content (AvgIpc) is 3.26. The summed E-state index contributed by atoms with van der Waals surface area (Å²) in [5, 5.41) is 0.836. The Balaban J connectivity index is 1.43. The number of hydrogen-bond donors (Lipinski definition) is 0. The zero-order chi connectivity index (χ0) is 28.8. The summed E-state index contributed by atoms with van der Waals surface area (Å²) in [6, 6.07) is 26.8. The summed E-state index contributed by atoms with van der Waals surface area (Å²) in [6.07, 6.45) is 1.75. The zero-order valence-electron chi connectivity index (χ0n) is 22.3. The van der Waals surface area contributed by atoms with Crippen LogP contribution < -0.4 is 14.2 Å². The van der Waals surface area contributed by atoms with Crippen LogP contribution in [0.4, 0.5) is 10.1 Å². The second kappa shape index (κ2) is 12.9. The van der Waals surface area contributed by atoms with E-state index >= 15 is 0 Å². The van der Waals surface area contributed by atoms with E-state index in [9.17, 15) is 9.18 Å². The number of halogens is 2. The third kappa shape index (κ3) is 6.73. The van der Waals surface area contributed by atoms with Crippen molar-refractivity contribution in [1.29, 1.82) is 0 Å². The number of para-hydroxylation sites is 1. The molecule has 0 unspecified atom stereocenters. The van der Waals surface area contributed by atoms with Gasteiger partial charge in [0.25, 0.3) is 5.91 Å². The topological polar surface area (TPSA) is 60.4 Å². The quantitative estimate of drug-likeness (QED) is 0.186. The molecule has 6 nitrogen and oxygen atoms in total. The van der Waals surface area contributed by atoms with Gasteiger partial charge in [0.05, 0.1) is 36.4 Å². The normalized spacial score (nSPS) is 15.0. The fourth-order valence-electron chi connectivity index (χ4n) is 4.14. The molecular formula is C32H26ClFN2O4S. The Morgan fingerprint density at radius 3 is 2.39 bits per heavy atom. The number of methoxy groups -OCH3 is 2. The lowest BCUT2D eigenvalue weighted by molar-refractivity contribution is -0.122. The van der Waals surface area contributed by atoms with E-state index in [1.165, 1.54) is 24.9 Å². The van der Waals surface area contributed by atoms with E-state index in [1.54, 1.807) is 48.4 Å². The maximum Gasteiger partial charge on any atom is 0.267 e. The molecule has 0 N–H and O–H groups in total. The number of carbonyl (C=O) groups is 1. The minimum absolute atomic E-state index is 0.0167. The van der Waals surface area contributed by atoms with Crippen LogP contribution in [0.25, 0.3) is 6.08 Å². The summed E-state index contributed by atoms with van der Waals surface area (Å²) >= 11 is 7.86. The van der Waals surface area contributed by atoms with Crippen LogP contribution in [-0.2, 0) is 17.9 Å². The number of nitrogens with zero attached hydrogens (tertiary/aromatic N) is 2. The monoisotopic (exact) mass is 588 g/mol. The summed E-state index contributed by atoms with van der Waals surface area (Å²) in [7, 11) is 3.11. The van der Waals surface area contributed by atoms with Gasteiger partial charge in [0.2, 0.25) is 0 Å². The minimum atomic E-state index is -0.368. The van der Waals surface area contributed by atoms with Gasteiger partial charge in [0, 0.05) is 5.56 Å². The van der Waals surface area contributed by atoms with Crippen molar-refractivity contribution in [2.45, 2.75) is 13.2 Å². The molecule has 4 aromatic rings. The summed E-state index contributed by atoms with van der Waals surface area (Å²) in [6.45, 7) is 0.322. The molecule has 0 aliphatic carbocycles. The summed E-state index contributed by atoms with van der Waals surface area (Å²) < 4.78 is 30.7.